The van der Waals surface area contributed by atoms with Crippen LogP contribution in [0.3, 0.4) is 0 Å². The van der Waals surface area contributed by atoms with Gasteiger partial charge in [-0.2, -0.15) is 0 Å². The molecule has 0 aliphatic heterocycles. The van der Waals surface area contributed by atoms with Crippen molar-refractivity contribution >= 4 is 11.8 Å². The van der Waals surface area contributed by atoms with Crippen molar-refractivity contribution in [2.45, 2.75) is 59.5 Å². The van der Waals surface area contributed by atoms with Crippen LogP contribution in [-0.4, -0.2) is 29.3 Å². The molecule has 0 aromatic heterocycles. The minimum absolute atomic E-state index is 0.0242. The third-order valence-electron chi connectivity index (χ3n) is 4.85. The zero-order chi connectivity index (χ0) is 20.5. The summed E-state index contributed by atoms with van der Waals surface area (Å²) in [5.41, 5.74) is 4.32. The van der Waals surface area contributed by atoms with Crippen LogP contribution in [-0.2, 0) is 22.6 Å². The van der Waals surface area contributed by atoms with Gasteiger partial charge in [-0.15, -0.1) is 0 Å². The Morgan fingerprint density at radius 3 is 2.29 bits per heavy atom. The van der Waals surface area contributed by atoms with Gasteiger partial charge in [-0.3, -0.25) is 9.59 Å². The number of hydrogen-bond acceptors (Lipinski definition) is 2. The molecule has 0 heterocycles. The minimum Gasteiger partial charge on any atom is -0.354 e. The van der Waals surface area contributed by atoms with Gasteiger partial charge >= 0.3 is 0 Å². The molecule has 2 rings (SSSR count). The highest BCUT2D eigenvalue weighted by molar-refractivity contribution is 5.88. The highest BCUT2D eigenvalue weighted by atomic mass is 16.2. The number of aryl methyl sites for hydroxylation is 2. The van der Waals surface area contributed by atoms with Crippen molar-refractivity contribution in [3.63, 3.8) is 0 Å². The molecule has 0 aliphatic rings. The van der Waals surface area contributed by atoms with Gasteiger partial charge in [0, 0.05) is 13.1 Å². The second-order valence-electron chi connectivity index (χ2n) is 7.39. The van der Waals surface area contributed by atoms with Gasteiger partial charge in [0.05, 0.1) is 6.42 Å². The summed E-state index contributed by atoms with van der Waals surface area (Å²) in [4.78, 5) is 27.7. The summed E-state index contributed by atoms with van der Waals surface area (Å²) >= 11 is 0. The second kappa shape index (κ2) is 10.6. The first-order valence-electron chi connectivity index (χ1n) is 10.1. The molecule has 4 heteroatoms. The van der Waals surface area contributed by atoms with Crippen LogP contribution in [0.4, 0.5) is 0 Å². The number of nitrogens with zero attached hydrogens (tertiary/aromatic N) is 1. The molecule has 1 atom stereocenters. The van der Waals surface area contributed by atoms with Crippen molar-refractivity contribution in [3.8, 4) is 0 Å². The number of rotatable bonds is 9. The Morgan fingerprint density at radius 1 is 0.964 bits per heavy atom. The van der Waals surface area contributed by atoms with Crippen LogP contribution in [0.5, 0.6) is 0 Å². The third-order valence-corrected chi connectivity index (χ3v) is 4.85. The summed E-state index contributed by atoms with van der Waals surface area (Å²) in [5, 5.41) is 2.95. The molecule has 0 aliphatic carbocycles. The Kier molecular flexibility index (Phi) is 8.24. The van der Waals surface area contributed by atoms with Gasteiger partial charge in [0.1, 0.15) is 6.04 Å². The van der Waals surface area contributed by atoms with Gasteiger partial charge in [0.25, 0.3) is 0 Å². The molecule has 4 nitrogen and oxygen atoms in total. The number of carbonyl (C=O) groups is 2. The van der Waals surface area contributed by atoms with Crippen LogP contribution in [0.1, 0.15) is 48.9 Å². The maximum atomic E-state index is 13.2. The van der Waals surface area contributed by atoms with Crippen molar-refractivity contribution in [2.75, 3.05) is 6.54 Å². The molecule has 0 fully saturated rings. The van der Waals surface area contributed by atoms with Gasteiger partial charge in [-0.25, -0.2) is 0 Å². The van der Waals surface area contributed by atoms with Crippen molar-refractivity contribution in [2.24, 2.45) is 0 Å². The normalized spacial score (nSPS) is 11.7. The summed E-state index contributed by atoms with van der Waals surface area (Å²) in [6.45, 7) is 9.10. The lowest BCUT2D eigenvalue weighted by atomic mass is 10.0. The second-order valence-corrected chi connectivity index (χ2v) is 7.39. The number of carbonyl (C=O) groups excluding carboxylic acids is 2. The molecule has 2 aromatic carbocycles. The molecule has 1 unspecified atom stereocenters. The predicted molar refractivity (Wildman–Crippen MR) is 114 cm³/mol. The van der Waals surface area contributed by atoms with Crippen LogP contribution in [0.15, 0.2) is 48.5 Å². The van der Waals surface area contributed by atoms with E-state index in [1.807, 2.05) is 70.2 Å². The maximum absolute atomic E-state index is 13.2. The molecular formula is C24H32N2O2. The number of benzene rings is 2. The lowest BCUT2D eigenvalue weighted by Gasteiger charge is -2.31. The first-order chi connectivity index (χ1) is 13.4. The zero-order valence-corrected chi connectivity index (χ0v) is 17.5. The molecule has 0 saturated heterocycles. The van der Waals surface area contributed by atoms with E-state index >= 15 is 0 Å². The van der Waals surface area contributed by atoms with Crippen LogP contribution in [0, 0.1) is 13.8 Å². The van der Waals surface area contributed by atoms with E-state index < -0.39 is 6.04 Å². The van der Waals surface area contributed by atoms with Gasteiger partial charge in [-0.1, -0.05) is 73.5 Å². The third kappa shape index (κ3) is 6.22. The molecule has 0 radical (unpaired) electrons. The van der Waals surface area contributed by atoms with Gasteiger partial charge in [-0.05, 0) is 37.8 Å². The average Bonchev–Trinajstić information content (AvgIpc) is 2.68. The molecule has 0 spiro atoms. The fraction of sp³-hybridized carbons (Fsp3) is 0.417. The van der Waals surface area contributed by atoms with E-state index in [1.54, 1.807) is 4.90 Å². The minimum atomic E-state index is -0.468. The lowest BCUT2D eigenvalue weighted by molar-refractivity contribution is -0.140. The zero-order valence-electron chi connectivity index (χ0n) is 17.5. The maximum Gasteiger partial charge on any atom is 0.242 e. The topological polar surface area (TPSA) is 49.4 Å². The van der Waals surface area contributed by atoms with Crippen LogP contribution >= 0.6 is 0 Å². The van der Waals surface area contributed by atoms with E-state index in [9.17, 15) is 9.59 Å². The number of hydrogen-bond donors (Lipinski definition) is 1. The lowest BCUT2D eigenvalue weighted by Crippen LogP contribution is -2.49. The Balaban J connectivity index is 2.26. The Labute approximate surface area is 169 Å². The summed E-state index contributed by atoms with van der Waals surface area (Å²) < 4.78 is 0. The molecule has 2 amide bonds. The van der Waals surface area contributed by atoms with Gasteiger partial charge < -0.3 is 10.2 Å². The van der Waals surface area contributed by atoms with Crippen LogP contribution < -0.4 is 5.32 Å². The monoisotopic (exact) mass is 380 g/mol. The van der Waals surface area contributed by atoms with E-state index in [2.05, 4.69) is 11.4 Å². The Hall–Kier alpha value is -2.62. The van der Waals surface area contributed by atoms with Crippen LogP contribution in [0.2, 0.25) is 0 Å². The highest BCUT2D eigenvalue weighted by Gasteiger charge is 2.28. The van der Waals surface area contributed by atoms with E-state index in [0.29, 0.717) is 25.9 Å². The highest BCUT2D eigenvalue weighted by Crippen LogP contribution is 2.16. The van der Waals surface area contributed by atoms with E-state index in [-0.39, 0.29) is 11.8 Å². The molecule has 28 heavy (non-hydrogen) atoms. The smallest absolute Gasteiger partial charge is 0.242 e. The molecule has 0 saturated carbocycles. The Bertz CT molecular complexity index is 783. The van der Waals surface area contributed by atoms with Crippen LogP contribution in [0.25, 0.3) is 0 Å². The van der Waals surface area contributed by atoms with E-state index in [4.69, 9.17) is 0 Å². The van der Waals surface area contributed by atoms with E-state index in [0.717, 1.165) is 28.7 Å². The first-order valence-corrected chi connectivity index (χ1v) is 10.1. The van der Waals surface area contributed by atoms with Crippen molar-refractivity contribution in [1.82, 2.24) is 10.2 Å². The summed E-state index contributed by atoms with van der Waals surface area (Å²) in [6, 6.07) is 15.6. The molecule has 1 N–H and O–H groups in total. The Morgan fingerprint density at radius 2 is 1.68 bits per heavy atom. The molecule has 150 valence electrons. The number of amides is 2. The SMILES string of the molecule is CCCNC(=O)C(CC)N(Cc1cccc(C)c1)C(=O)Cc1ccc(C)cc1. The molecule has 0 bridgehead atoms. The fourth-order valence-electron chi connectivity index (χ4n) is 3.27. The van der Waals surface area contributed by atoms with Gasteiger partial charge in [0.15, 0.2) is 0 Å². The quantitative estimate of drug-likeness (QED) is 0.709. The summed E-state index contributed by atoms with van der Waals surface area (Å²) in [6.07, 6.45) is 1.75. The first kappa shape index (κ1) is 21.7. The van der Waals surface area contributed by atoms with Gasteiger partial charge in [0.2, 0.25) is 11.8 Å². The van der Waals surface area contributed by atoms with Crippen molar-refractivity contribution in [1.29, 1.82) is 0 Å². The summed E-state index contributed by atoms with van der Waals surface area (Å²) in [7, 11) is 0. The fourth-order valence-corrected chi connectivity index (χ4v) is 3.27. The standard InChI is InChI=1S/C24H32N2O2/c1-5-14-25-24(28)22(6-2)26(17-21-9-7-8-19(4)15-21)23(27)16-20-12-10-18(3)11-13-20/h7-13,15,22H,5-6,14,16-17H2,1-4H3,(H,25,28). The average molecular weight is 381 g/mol. The number of nitrogens with one attached hydrogen (secondary N) is 1. The van der Waals surface area contributed by atoms with E-state index in [1.165, 1.54) is 0 Å². The predicted octanol–water partition coefficient (Wildman–Crippen LogP) is 4.18. The summed E-state index contributed by atoms with van der Waals surface area (Å²) in [5.74, 6) is -0.0990. The molecule has 2 aromatic rings. The largest absolute Gasteiger partial charge is 0.354 e. The van der Waals surface area contributed by atoms with Crippen molar-refractivity contribution < 1.29 is 9.59 Å². The van der Waals surface area contributed by atoms with Crippen molar-refractivity contribution in [3.05, 3.63) is 70.8 Å². The molecular weight excluding hydrogens is 348 g/mol.